The Morgan fingerprint density at radius 2 is 2.00 bits per heavy atom. The fourth-order valence-electron chi connectivity index (χ4n) is 2.15. The van der Waals surface area contributed by atoms with Crippen molar-refractivity contribution in [3.8, 4) is 5.75 Å². The molecule has 2 aromatic rings. The lowest BCUT2D eigenvalue weighted by atomic mass is 10.1. The summed E-state index contributed by atoms with van der Waals surface area (Å²) in [6.45, 7) is 5.65. The second-order valence-corrected chi connectivity index (χ2v) is 6.94. The molecule has 0 bridgehead atoms. The van der Waals surface area contributed by atoms with Crippen LogP contribution in [0.3, 0.4) is 0 Å². The molecule has 0 saturated heterocycles. The second-order valence-electron chi connectivity index (χ2n) is 5.74. The van der Waals surface area contributed by atoms with Gasteiger partial charge in [0.1, 0.15) is 5.75 Å². The third-order valence-electron chi connectivity index (χ3n) is 3.32. The van der Waals surface area contributed by atoms with Crippen LogP contribution >= 0.6 is 11.3 Å². The van der Waals surface area contributed by atoms with Gasteiger partial charge in [0.25, 0.3) is 0 Å². The van der Waals surface area contributed by atoms with E-state index in [-0.39, 0.29) is 0 Å². The summed E-state index contributed by atoms with van der Waals surface area (Å²) in [5.41, 5.74) is 0.887. The van der Waals surface area contributed by atoms with Crippen molar-refractivity contribution < 1.29 is 9.84 Å². The summed E-state index contributed by atoms with van der Waals surface area (Å²) in [6.07, 6.45) is 2.43. The van der Waals surface area contributed by atoms with Crippen LogP contribution in [0.4, 0.5) is 0 Å². The van der Waals surface area contributed by atoms with E-state index in [1.54, 1.807) is 18.4 Å². The van der Waals surface area contributed by atoms with Gasteiger partial charge >= 0.3 is 0 Å². The maximum atomic E-state index is 10.2. The van der Waals surface area contributed by atoms with Gasteiger partial charge in [-0.2, -0.15) is 0 Å². The van der Waals surface area contributed by atoms with Crippen molar-refractivity contribution in [1.82, 2.24) is 10.3 Å². The SMILES string of the molecule is COc1ccc(C(O)CNCc2cnc(CC(C)C)s2)cc1. The largest absolute Gasteiger partial charge is 0.497 e. The average Bonchev–Trinajstić information content (AvgIpc) is 2.94. The smallest absolute Gasteiger partial charge is 0.118 e. The van der Waals surface area contributed by atoms with Crippen molar-refractivity contribution in [3.63, 3.8) is 0 Å². The number of thiazole rings is 1. The van der Waals surface area contributed by atoms with E-state index < -0.39 is 6.10 Å². The summed E-state index contributed by atoms with van der Waals surface area (Å²) in [5, 5.41) is 14.6. The van der Waals surface area contributed by atoms with E-state index in [0.717, 1.165) is 24.3 Å². The lowest BCUT2D eigenvalue weighted by molar-refractivity contribution is 0.174. The highest BCUT2D eigenvalue weighted by Crippen LogP contribution is 2.18. The van der Waals surface area contributed by atoms with Crippen molar-refractivity contribution in [2.75, 3.05) is 13.7 Å². The number of hydrogen-bond acceptors (Lipinski definition) is 5. The van der Waals surface area contributed by atoms with Crippen LogP contribution in [0.2, 0.25) is 0 Å². The number of hydrogen-bond donors (Lipinski definition) is 2. The maximum Gasteiger partial charge on any atom is 0.118 e. The molecule has 5 heteroatoms. The Morgan fingerprint density at radius 3 is 2.64 bits per heavy atom. The molecule has 1 heterocycles. The van der Waals surface area contributed by atoms with Crippen LogP contribution in [0, 0.1) is 5.92 Å². The number of nitrogens with one attached hydrogen (secondary N) is 1. The number of rotatable bonds is 8. The molecule has 2 rings (SSSR count). The number of aliphatic hydroxyl groups is 1. The average molecular weight is 320 g/mol. The molecule has 0 radical (unpaired) electrons. The molecule has 22 heavy (non-hydrogen) atoms. The number of nitrogens with zero attached hydrogens (tertiary/aromatic N) is 1. The molecule has 4 nitrogen and oxygen atoms in total. The first-order valence-corrected chi connectivity index (χ1v) is 8.36. The molecule has 1 aromatic heterocycles. The Hall–Kier alpha value is -1.43. The lowest BCUT2D eigenvalue weighted by Gasteiger charge is -2.12. The maximum absolute atomic E-state index is 10.2. The van der Waals surface area contributed by atoms with Crippen LogP contribution < -0.4 is 10.1 Å². The summed E-state index contributed by atoms with van der Waals surface area (Å²) in [5.74, 6) is 1.43. The molecule has 1 unspecified atom stereocenters. The van der Waals surface area contributed by atoms with Crippen LogP contribution in [0.15, 0.2) is 30.5 Å². The summed E-state index contributed by atoms with van der Waals surface area (Å²) in [7, 11) is 1.63. The van der Waals surface area contributed by atoms with E-state index in [9.17, 15) is 5.11 Å². The Balaban J connectivity index is 1.78. The zero-order valence-electron chi connectivity index (χ0n) is 13.4. The molecule has 0 aliphatic carbocycles. The quantitative estimate of drug-likeness (QED) is 0.784. The number of ether oxygens (including phenoxy) is 1. The highest BCUT2D eigenvalue weighted by Gasteiger charge is 2.08. The molecule has 0 spiro atoms. The number of methoxy groups -OCH3 is 1. The van der Waals surface area contributed by atoms with Crippen LogP contribution in [0.25, 0.3) is 0 Å². The highest BCUT2D eigenvalue weighted by atomic mass is 32.1. The van der Waals surface area contributed by atoms with Crippen LogP contribution in [0.1, 0.15) is 35.4 Å². The van der Waals surface area contributed by atoms with E-state index >= 15 is 0 Å². The molecule has 0 amide bonds. The van der Waals surface area contributed by atoms with Crippen molar-refractivity contribution >= 4 is 11.3 Å². The van der Waals surface area contributed by atoms with Crippen LogP contribution in [-0.4, -0.2) is 23.7 Å². The number of aromatic nitrogens is 1. The zero-order chi connectivity index (χ0) is 15.9. The van der Waals surface area contributed by atoms with Crippen molar-refractivity contribution in [2.45, 2.75) is 32.9 Å². The van der Waals surface area contributed by atoms with Gasteiger partial charge in [-0.1, -0.05) is 26.0 Å². The standard InChI is InChI=1S/C17H24N2O2S/c1-12(2)8-17-19-10-15(22-17)9-18-11-16(20)13-4-6-14(21-3)7-5-13/h4-7,10,12,16,18,20H,8-9,11H2,1-3H3. The molecule has 0 aliphatic rings. The fraction of sp³-hybridized carbons (Fsp3) is 0.471. The van der Waals surface area contributed by atoms with Gasteiger partial charge in [0, 0.05) is 30.6 Å². The second kappa shape index (κ2) is 8.27. The topological polar surface area (TPSA) is 54.4 Å². The molecular formula is C17H24N2O2S. The van der Waals surface area contributed by atoms with Gasteiger partial charge in [0.2, 0.25) is 0 Å². The minimum atomic E-state index is -0.519. The van der Waals surface area contributed by atoms with E-state index in [2.05, 4.69) is 24.1 Å². The summed E-state index contributed by atoms with van der Waals surface area (Å²) >= 11 is 1.74. The molecule has 0 fully saturated rings. The molecule has 1 aromatic carbocycles. The number of aliphatic hydroxyl groups excluding tert-OH is 1. The van der Waals surface area contributed by atoms with E-state index in [4.69, 9.17) is 4.74 Å². The van der Waals surface area contributed by atoms with Gasteiger partial charge in [0.15, 0.2) is 0 Å². The Kier molecular flexibility index (Phi) is 6.36. The van der Waals surface area contributed by atoms with Crippen molar-refractivity contribution in [3.05, 3.63) is 45.9 Å². The predicted octanol–water partition coefficient (Wildman–Crippen LogP) is 3.17. The number of benzene rings is 1. The molecule has 2 N–H and O–H groups in total. The Labute approximate surface area is 136 Å². The lowest BCUT2D eigenvalue weighted by Crippen LogP contribution is -2.20. The zero-order valence-corrected chi connectivity index (χ0v) is 14.2. The molecule has 120 valence electrons. The molecular weight excluding hydrogens is 296 g/mol. The monoisotopic (exact) mass is 320 g/mol. The van der Waals surface area contributed by atoms with E-state index in [0.29, 0.717) is 12.5 Å². The van der Waals surface area contributed by atoms with E-state index in [1.165, 1.54) is 9.88 Å². The van der Waals surface area contributed by atoms with E-state index in [1.807, 2.05) is 30.5 Å². The minimum absolute atomic E-state index is 0.518. The van der Waals surface area contributed by atoms with Crippen molar-refractivity contribution in [2.24, 2.45) is 5.92 Å². The minimum Gasteiger partial charge on any atom is -0.497 e. The Morgan fingerprint density at radius 1 is 1.27 bits per heavy atom. The van der Waals surface area contributed by atoms with Crippen molar-refractivity contribution in [1.29, 1.82) is 0 Å². The first-order chi connectivity index (χ1) is 10.6. The molecule has 0 aliphatic heterocycles. The van der Waals surface area contributed by atoms with Gasteiger partial charge in [-0.15, -0.1) is 11.3 Å². The summed E-state index contributed by atoms with van der Waals surface area (Å²) < 4.78 is 5.11. The normalized spacial score (nSPS) is 12.6. The highest BCUT2D eigenvalue weighted by molar-refractivity contribution is 7.11. The molecule has 1 atom stereocenters. The predicted molar refractivity (Wildman–Crippen MR) is 90.3 cm³/mol. The first-order valence-electron chi connectivity index (χ1n) is 7.54. The van der Waals surface area contributed by atoms with Gasteiger partial charge in [-0.25, -0.2) is 4.98 Å². The van der Waals surface area contributed by atoms with Crippen LogP contribution in [0.5, 0.6) is 5.75 Å². The molecule has 0 saturated carbocycles. The van der Waals surface area contributed by atoms with Gasteiger partial charge < -0.3 is 15.2 Å². The Bertz CT molecular complexity index is 566. The summed E-state index contributed by atoms with van der Waals surface area (Å²) in [4.78, 5) is 5.64. The van der Waals surface area contributed by atoms with Crippen LogP contribution in [-0.2, 0) is 13.0 Å². The third-order valence-corrected chi connectivity index (χ3v) is 4.34. The van der Waals surface area contributed by atoms with Gasteiger partial charge in [-0.3, -0.25) is 0 Å². The fourth-order valence-corrected chi connectivity index (χ4v) is 3.25. The van der Waals surface area contributed by atoms with Gasteiger partial charge in [0.05, 0.1) is 18.2 Å². The van der Waals surface area contributed by atoms with Gasteiger partial charge in [-0.05, 0) is 23.6 Å². The summed E-state index contributed by atoms with van der Waals surface area (Å²) in [6, 6.07) is 7.50. The third kappa shape index (κ3) is 5.09. The first kappa shape index (κ1) is 16.9.